The van der Waals surface area contributed by atoms with Crippen molar-refractivity contribution in [3.05, 3.63) is 47.5 Å². The number of amides is 1. The fourth-order valence-corrected chi connectivity index (χ4v) is 2.00. The SMILES string of the molecule is Cc1cccc(C(=O)NN=CC2CC=CCC2)c1. The second kappa shape index (κ2) is 6.15. The van der Waals surface area contributed by atoms with Crippen LogP contribution in [-0.2, 0) is 0 Å². The lowest BCUT2D eigenvalue weighted by Crippen LogP contribution is -2.18. The van der Waals surface area contributed by atoms with Crippen LogP contribution >= 0.6 is 0 Å². The van der Waals surface area contributed by atoms with Crippen molar-refractivity contribution in [1.82, 2.24) is 5.43 Å². The average molecular weight is 242 g/mol. The third-order valence-electron chi connectivity index (χ3n) is 3.04. The smallest absolute Gasteiger partial charge is 0.267 e. The maximum absolute atomic E-state index is 11.8. The molecule has 1 N–H and O–H groups in total. The maximum Gasteiger partial charge on any atom is 0.271 e. The Bertz CT molecular complexity index is 477. The predicted molar refractivity (Wildman–Crippen MR) is 73.6 cm³/mol. The Morgan fingerprint density at radius 3 is 3.06 bits per heavy atom. The van der Waals surface area contributed by atoms with E-state index in [0.29, 0.717) is 11.5 Å². The van der Waals surface area contributed by atoms with E-state index in [9.17, 15) is 4.79 Å². The van der Waals surface area contributed by atoms with Gasteiger partial charge < -0.3 is 0 Å². The minimum Gasteiger partial charge on any atom is -0.267 e. The fourth-order valence-electron chi connectivity index (χ4n) is 2.00. The van der Waals surface area contributed by atoms with Crippen molar-refractivity contribution in [2.45, 2.75) is 26.2 Å². The van der Waals surface area contributed by atoms with E-state index in [2.05, 4.69) is 22.7 Å². The summed E-state index contributed by atoms with van der Waals surface area (Å²) in [6, 6.07) is 7.49. The number of benzene rings is 1. The summed E-state index contributed by atoms with van der Waals surface area (Å²) >= 11 is 0. The number of aryl methyl sites for hydroxylation is 1. The van der Waals surface area contributed by atoms with E-state index < -0.39 is 0 Å². The molecule has 1 aromatic rings. The zero-order chi connectivity index (χ0) is 12.8. The first-order valence-corrected chi connectivity index (χ1v) is 6.31. The molecule has 0 fully saturated rings. The Morgan fingerprint density at radius 2 is 2.33 bits per heavy atom. The molecule has 0 saturated heterocycles. The predicted octanol–water partition coefficient (Wildman–Crippen LogP) is 3.07. The molecule has 18 heavy (non-hydrogen) atoms. The molecule has 0 spiro atoms. The van der Waals surface area contributed by atoms with Gasteiger partial charge in [0, 0.05) is 11.8 Å². The highest BCUT2D eigenvalue weighted by molar-refractivity contribution is 5.94. The molecule has 1 aliphatic carbocycles. The summed E-state index contributed by atoms with van der Waals surface area (Å²) in [7, 11) is 0. The van der Waals surface area contributed by atoms with Crippen LogP contribution in [0.4, 0.5) is 0 Å². The number of allylic oxidation sites excluding steroid dienone is 2. The van der Waals surface area contributed by atoms with Crippen molar-refractivity contribution < 1.29 is 4.79 Å². The topological polar surface area (TPSA) is 41.5 Å². The van der Waals surface area contributed by atoms with Crippen molar-refractivity contribution in [1.29, 1.82) is 0 Å². The van der Waals surface area contributed by atoms with Gasteiger partial charge in [-0.05, 0) is 44.2 Å². The molecule has 0 saturated carbocycles. The summed E-state index contributed by atoms with van der Waals surface area (Å²) in [5.41, 5.74) is 4.30. The number of hydrogen-bond acceptors (Lipinski definition) is 2. The lowest BCUT2D eigenvalue weighted by molar-refractivity contribution is 0.0955. The van der Waals surface area contributed by atoms with Gasteiger partial charge in [0.25, 0.3) is 5.91 Å². The normalized spacial score (nSPS) is 19.1. The second-order valence-corrected chi connectivity index (χ2v) is 4.63. The van der Waals surface area contributed by atoms with E-state index in [4.69, 9.17) is 0 Å². The van der Waals surface area contributed by atoms with E-state index in [-0.39, 0.29) is 5.91 Å². The first kappa shape index (κ1) is 12.6. The first-order valence-electron chi connectivity index (χ1n) is 6.31. The Hall–Kier alpha value is -1.90. The minimum absolute atomic E-state index is 0.152. The Balaban J connectivity index is 1.88. The molecular formula is C15H18N2O. The molecule has 3 heteroatoms. The summed E-state index contributed by atoms with van der Waals surface area (Å²) in [5.74, 6) is 0.300. The van der Waals surface area contributed by atoms with Crippen LogP contribution in [0.15, 0.2) is 41.5 Å². The molecule has 0 heterocycles. The zero-order valence-corrected chi connectivity index (χ0v) is 10.6. The molecule has 1 aromatic carbocycles. The van der Waals surface area contributed by atoms with E-state index >= 15 is 0 Å². The fraction of sp³-hybridized carbons (Fsp3) is 0.333. The van der Waals surface area contributed by atoms with Gasteiger partial charge in [0.1, 0.15) is 0 Å². The molecule has 1 aliphatic rings. The number of nitrogens with one attached hydrogen (secondary N) is 1. The van der Waals surface area contributed by atoms with Crippen molar-refractivity contribution in [3.8, 4) is 0 Å². The Morgan fingerprint density at radius 1 is 1.44 bits per heavy atom. The molecule has 0 bridgehead atoms. The van der Waals surface area contributed by atoms with Crippen molar-refractivity contribution >= 4 is 12.1 Å². The third kappa shape index (κ3) is 3.55. The summed E-state index contributed by atoms with van der Waals surface area (Å²) in [6.45, 7) is 1.97. The summed E-state index contributed by atoms with van der Waals surface area (Å²) in [4.78, 5) is 11.8. The van der Waals surface area contributed by atoms with Gasteiger partial charge in [0.05, 0.1) is 0 Å². The van der Waals surface area contributed by atoms with Crippen molar-refractivity contribution in [3.63, 3.8) is 0 Å². The van der Waals surface area contributed by atoms with E-state index in [1.165, 1.54) is 0 Å². The molecule has 2 rings (SSSR count). The maximum atomic E-state index is 11.8. The highest BCUT2D eigenvalue weighted by Gasteiger charge is 2.07. The summed E-state index contributed by atoms with van der Waals surface area (Å²) in [6.07, 6.45) is 9.43. The van der Waals surface area contributed by atoms with Gasteiger partial charge in [-0.1, -0.05) is 29.8 Å². The van der Waals surface area contributed by atoms with Crippen LogP contribution in [-0.4, -0.2) is 12.1 Å². The van der Waals surface area contributed by atoms with Crippen molar-refractivity contribution in [2.24, 2.45) is 11.0 Å². The van der Waals surface area contributed by atoms with E-state index in [1.54, 1.807) is 6.07 Å². The zero-order valence-electron chi connectivity index (χ0n) is 10.6. The van der Waals surface area contributed by atoms with Crippen LogP contribution in [0.1, 0.15) is 35.2 Å². The molecule has 0 aliphatic heterocycles. The minimum atomic E-state index is -0.152. The number of carbonyl (C=O) groups excluding carboxylic acids is 1. The van der Waals surface area contributed by atoms with Gasteiger partial charge >= 0.3 is 0 Å². The van der Waals surface area contributed by atoms with Gasteiger partial charge in [0.2, 0.25) is 0 Å². The van der Waals surface area contributed by atoms with Gasteiger partial charge in [-0.15, -0.1) is 0 Å². The van der Waals surface area contributed by atoms with Gasteiger partial charge in [-0.3, -0.25) is 4.79 Å². The van der Waals surface area contributed by atoms with Gasteiger partial charge in [-0.25, -0.2) is 5.43 Å². The highest BCUT2D eigenvalue weighted by atomic mass is 16.2. The van der Waals surface area contributed by atoms with Crippen LogP contribution in [0.5, 0.6) is 0 Å². The average Bonchev–Trinajstić information content (AvgIpc) is 2.40. The molecular weight excluding hydrogens is 224 g/mol. The molecule has 94 valence electrons. The number of hydrogen-bond donors (Lipinski definition) is 1. The molecule has 1 amide bonds. The number of carbonyl (C=O) groups is 1. The Kier molecular flexibility index (Phi) is 4.29. The van der Waals surface area contributed by atoms with E-state index in [0.717, 1.165) is 24.8 Å². The lowest BCUT2D eigenvalue weighted by Gasteiger charge is -2.11. The van der Waals surface area contributed by atoms with Crippen molar-refractivity contribution in [2.75, 3.05) is 0 Å². The number of rotatable bonds is 3. The standard InChI is InChI=1S/C15H18N2O/c1-12-6-5-9-14(10-12)15(18)17-16-11-13-7-3-2-4-8-13/h2-3,5-6,9-11,13H,4,7-8H2,1H3,(H,17,18). The monoisotopic (exact) mass is 242 g/mol. The van der Waals surface area contributed by atoms with Gasteiger partial charge in [-0.2, -0.15) is 5.10 Å². The largest absolute Gasteiger partial charge is 0.271 e. The summed E-state index contributed by atoms with van der Waals surface area (Å²) in [5, 5.41) is 4.04. The first-order chi connectivity index (χ1) is 8.75. The second-order valence-electron chi connectivity index (χ2n) is 4.63. The third-order valence-corrected chi connectivity index (χ3v) is 3.04. The van der Waals surface area contributed by atoms with Crippen LogP contribution in [0.3, 0.4) is 0 Å². The van der Waals surface area contributed by atoms with Gasteiger partial charge in [0.15, 0.2) is 0 Å². The van der Waals surface area contributed by atoms with Crippen LogP contribution in [0.25, 0.3) is 0 Å². The van der Waals surface area contributed by atoms with Crippen LogP contribution in [0, 0.1) is 12.8 Å². The highest BCUT2D eigenvalue weighted by Crippen LogP contribution is 2.15. The number of hydrazone groups is 1. The Labute approximate surface area is 108 Å². The van der Waals surface area contributed by atoms with Crippen LogP contribution < -0.4 is 5.43 Å². The quantitative estimate of drug-likeness (QED) is 0.494. The number of nitrogens with zero attached hydrogens (tertiary/aromatic N) is 1. The molecule has 0 radical (unpaired) electrons. The molecule has 0 aromatic heterocycles. The molecule has 1 unspecified atom stereocenters. The van der Waals surface area contributed by atoms with Crippen LogP contribution in [0.2, 0.25) is 0 Å². The molecule has 3 nitrogen and oxygen atoms in total. The summed E-state index contributed by atoms with van der Waals surface area (Å²) < 4.78 is 0. The molecule has 1 atom stereocenters. The lowest BCUT2D eigenvalue weighted by atomic mass is 9.96. The van der Waals surface area contributed by atoms with E-state index in [1.807, 2.05) is 31.3 Å².